The van der Waals surface area contributed by atoms with Crippen LogP contribution in [0, 0.1) is 24.6 Å². The van der Waals surface area contributed by atoms with Gasteiger partial charge in [0, 0.05) is 62.1 Å². The van der Waals surface area contributed by atoms with Crippen molar-refractivity contribution >= 4 is 17.6 Å². The van der Waals surface area contributed by atoms with E-state index in [0.717, 1.165) is 0 Å². The zero-order valence-electron chi connectivity index (χ0n) is 23.8. The van der Waals surface area contributed by atoms with Gasteiger partial charge < -0.3 is 24.9 Å². The molecule has 1 aliphatic heterocycles. The summed E-state index contributed by atoms with van der Waals surface area (Å²) in [4.78, 5) is 46.9. The average molecular weight is 562 g/mol. The molecule has 41 heavy (non-hydrogen) atoms. The first-order chi connectivity index (χ1) is 19.5. The predicted molar refractivity (Wildman–Crippen MR) is 154 cm³/mol. The second-order valence-corrected chi connectivity index (χ2v) is 10.9. The summed E-state index contributed by atoms with van der Waals surface area (Å²) in [5.41, 5.74) is 1.29. The Morgan fingerprint density at radius 3 is 1.83 bits per heavy atom. The largest absolute Gasteiger partial charge is 0.508 e. The van der Waals surface area contributed by atoms with Crippen LogP contribution in [0.25, 0.3) is 0 Å². The Morgan fingerprint density at radius 1 is 0.829 bits per heavy atom. The smallest absolute Gasteiger partial charge is 0.319 e. The molecule has 0 aromatic heterocycles. The van der Waals surface area contributed by atoms with E-state index >= 15 is 0 Å². The summed E-state index contributed by atoms with van der Waals surface area (Å²) < 4.78 is 14.9. The Bertz CT molecular complexity index is 1370. The topological polar surface area (TPSA) is 101 Å². The molecule has 0 bridgehead atoms. The number of Topliss-reactive ketones (excluding diaryl/α,β-unsaturated/α-hetero) is 2. The summed E-state index contributed by atoms with van der Waals surface area (Å²) in [5, 5.41) is 20.2. The van der Waals surface area contributed by atoms with E-state index in [-0.39, 0.29) is 53.3 Å². The number of halogens is 1. The molecular weight excluding hydrogens is 525 g/mol. The first-order valence-electron chi connectivity index (χ1n) is 13.5. The fourth-order valence-electron chi connectivity index (χ4n) is 5.56. The lowest BCUT2D eigenvalue weighted by atomic mass is 9.68. The van der Waals surface area contributed by atoms with Crippen molar-refractivity contribution < 1.29 is 29.0 Å². The van der Waals surface area contributed by atoms with Gasteiger partial charge in [-0.05, 0) is 62.5 Å². The van der Waals surface area contributed by atoms with E-state index in [4.69, 9.17) is 0 Å². The van der Waals surface area contributed by atoms with Crippen LogP contribution in [0.3, 0.4) is 0 Å². The standard InChI is InChI=1S/C32H36FN3O5/c1-20-25(12-7-13-28(20)33)29-26(30(39)21-8-5-10-23(37)16-21)18-36(32(41)35(4)15-14-34(2)3)19-27(29)31(40)22-9-6-11-24(38)17-22/h5-13,16-17,26-27,29,37-38H,14-15,18-19H2,1-4H3/t26-,27+,29?. The van der Waals surface area contributed by atoms with Crippen molar-refractivity contribution in [3.63, 3.8) is 0 Å². The van der Waals surface area contributed by atoms with Crippen LogP contribution in [0.1, 0.15) is 37.8 Å². The number of urea groups is 1. The third-order valence-electron chi connectivity index (χ3n) is 7.78. The zero-order valence-corrected chi connectivity index (χ0v) is 23.8. The second-order valence-electron chi connectivity index (χ2n) is 10.9. The van der Waals surface area contributed by atoms with Crippen molar-refractivity contribution in [2.45, 2.75) is 12.8 Å². The number of hydrogen-bond acceptors (Lipinski definition) is 6. The average Bonchev–Trinajstić information content (AvgIpc) is 2.95. The van der Waals surface area contributed by atoms with Gasteiger partial charge in [0.25, 0.3) is 0 Å². The van der Waals surface area contributed by atoms with Crippen LogP contribution in [0.5, 0.6) is 11.5 Å². The number of amides is 2. The van der Waals surface area contributed by atoms with E-state index < -0.39 is 23.6 Å². The zero-order chi connectivity index (χ0) is 29.8. The quantitative estimate of drug-likeness (QED) is 0.391. The van der Waals surface area contributed by atoms with Crippen molar-refractivity contribution in [3.8, 4) is 11.5 Å². The fourth-order valence-corrected chi connectivity index (χ4v) is 5.56. The Hall–Kier alpha value is -4.24. The summed E-state index contributed by atoms with van der Waals surface area (Å²) in [6, 6.07) is 16.2. The van der Waals surface area contributed by atoms with Crippen LogP contribution in [0.15, 0.2) is 66.7 Å². The Morgan fingerprint density at radius 2 is 1.34 bits per heavy atom. The number of phenols is 2. The molecule has 3 atom stereocenters. The summed E-state index contributed by atoms with van der Waals surface area (Å²) >= 11 is 0. The van der Waals surface area contributed by atoms with Gasteiger partial charge in [0.1, 0.15) is 17.3 Å². The molecular formula is C32H36FN3O5. The number of aromatic hydroxyl groups is 2. The predicted octanol–water partition coefficient (Wildman–Crippen LogP) is 4.56. The molecule has 4 rings (SSSR count). The maximum atomic E-state index is 14.9. The molecule has 3 aromatic rings. The van der Waals surface area contributed by atoms with Gasteiger partial charge in [0.05, 0.1) is 0 Å². The summed E-state index contributed by atoms with van der Waals surface area (Å²) in [5.74, 6) is -3.97. The number of likely N-dealkylation sites (tertiary alicyclic amines) is 1. The summed E-state index contributed by atoms with van der Waals surface area (Å²) in [6.45, 7) is 2.68. The number of rotatable bonds is 8. The second kappa shape index (κ2) is 12.5. The monoisotopic (exact) mass is 561 g/mol. The van der Waals surface area contributed by atoms with Crippen molar-refractivity contribution in [1.82, 2.24) is 14.7 Å². The highest BCUT2D eigenvalue weighted by Gasteiger charge is 2.47. The van der Waals surface area contributed by atoms with Crippen LogP contribution in [0.4, 0.5) is 9.18 Å². The maximum Gasteiger partial charge on any atom is 0.319 e. The van der Waals surface area contributed by atoms with Crippen LogP contribution in [0.2, 0.25) is 0 Å². The number of nitrogens with zero attached hydrogens (tertiary/aromatic N) is 3. The Kier molecular flexibility index (Phi) is 9.08. The third-order valence-corrected chi connectivity index (χ3v) is 7.78. The fraction of sp³-hybridized carbons (Fsp3) is 0.344. The third kappa shape index (κ3) is 6.57. The molecule has 0 radical (unpaired) electrons. The first kappa shape index (κ1) is 29.7. The molecule has 1 saturated heterocycles. The molecule has 0 spiro atoms. The lowest BCUT2D eigenvalue weighted by molar-refractivity contribution is 0.0598. The minimum atomic E-state index is -0.913. The van der Waals surface area contributed by atoms with Gasteiger partial charge in [0.15, 0.2) is 11.6 Å². The minimum absolute atomic E-state index is 0.00403. The van der Waals surface area contributed by atoms with E-state index in [0.29, 0.717) is 24.2 Å². The Balaban J connectivity index is 1.85. The summed E-state index contributed by atoms with van der Waals surface area (Å²) in [6.07, 6.45) is 0. The van der Waals surface area contributed by atoms with Crippen LogP contribution in [-0.2, 0) is 0 Å². The van der Waals surface area contributed by atoms with E-state index in [1.165, 1.54) is 35.2 Å². The number of carbonyl (C=O) groups is 3. The van der Waals surface area contributed by atoms with Crippen molar-refractivity contribution in [3.05, 3.63) is 94.8 Å². The molecule has 216 valence electrons. The molecule has 1 unspecified atom stereocenters. The lowest BCUT2D eigenvalue weighted by Gasteiger charge is -2.44. The number of carbonyl (C=O) groups excluding carboxylic acids is 3. The first-order valence-corrected chi connectivity index (χ1v) is 13.5. The lowest BCUT2D eigenvalue weighted by Crippen LogP contribution is -2.55. The maximum absolute atomic E-state index is 14.9. The van der Waals surface area contributed by atoms with E-state index in [1.807, 2.05) is 19.0 Å². The van der Waals surface area contributed by atoms with E-state index in [2.05, 4.69) is 0 Å². The van der Waals surface area contributed by atoms with Crippen LogP contribution >= 0.6 is 0 Å². The number of hydrogen-bond donors (Lipinski definition) is 2. The van der Waals surface area contributed by atoms with Crippen LogP contribution in [-0.4, -0.2) is 89.8 Å². The summed E-state index contributed by atoms with van der Waals surface area (Å²) in [7, 11) is 5.48. The Labute approximate surface area is 239 Å². The molecule has 8 nitrogen and oxygen atoms in total. The van der Waals surface area contributed by atoms with Gasteiger partial charge in [-0.3, -0.25) is 9.59 Å². The molecule has 1 heterocycles. The van der Waals surface area contributed by atoms with Gasteiger partial charge in [-0.1, -0.05) is 36.4 Å². The van der Waals surface area contributed by atoms with E-state index in [1.54, 1.807) is 55.3 Å². The number of ketones is 2. The molecule has 9 heteroatoms. The van der Waals surface area contributed by atoms with Gasteiger partial charge in [-0.25, -0.2) is 9.18 Å². The molecule has 0 aliphatic carbocycles. The highest BCUT2D eigenvalue weighted by atomic mass is 19.1. The van der Waals surface area contributed by atoms with Crippen LogP contribution < -0.4 is 0 Å². The van der Waals surface area contributed by atoms with Crippen molar-refractivity contribution in [1.29, 1.82) is 0 Å². The van der Waals surface area contributed by atoms with Gasteiger partial charge in [0.2, 0.25) is 0 Å². The number of benzene rings is 3. The molecule has 0 saturated carbocycles. The molecule has 3 aromatic carbocycles. The van der Waals surface area contributed by atoms with Gasteiger partial charge in [-0.2, -0.15) is 0 Å². The van der Waals surface area contributed by atoms with Gasteiger partial charge >= 0.3 is 6.03 Å². The minimum Gasteiger partial charge on any atom is -0.508 e. The number of phenolic OH excluding ortho intramolecular Hbond substituents is 2. The normalized spacial score (nSPS) is 18.8. The SMILES string of the molecule is Cc1c(F)cccc1C1[C@@H](C(=O)c2cccc(O)c2)CN(C(=O)N(C)CCN(C)C)C[C@H]1C(=O)c1cccc(O)c1. The molecule has 2 amide bonds. The molecule has 1 fully saturated rings. The number of likely N-dealkylation sites (N-methyl/N-ethyl adjacent to an activating group) is 2. The van der Waals surface area contributed by atoms with Gasteiger partial charge in [-0.15, -0.1) is 0 Å². The molecule has 1 aliphatic rings. The molecule has 2 N–H and O–H groups in total. The number of piperidine rings is 1. The highest BCUT2D eigenvalue weighted by Crippen LogP contribution is 2.43. The van der Waals surface area contributed by atoms with Crippen molar-refractivity contribution in [2.75, 3.05) is 47.3 Å². The van der Waals surface area contributed by atoms with Crippen molar-refractivity contribution in [2.24, 2.45) is 11.8 Å². The van der Waals surface area contributed by atoms with E-state index in [9.17, 15) is 29.0 Å². The highest BCUT2D eigenvalue weighted by molar-refractivity contribution is 6.03.